The van der Waals surface area contributed by atoms with Gasteiger partial charge in [0, 0.05) is 55.7 Å². The zero-order valence-corrected chi connectivity index (χ0v) is 19.2. The Morgan fingerprint density at radius 2 is 1.79 bits per heavy atom. The predicted octanol–water partition coefficient (Wildman–Crippen LogP) is 3.93. The van der Waals surface area contributed by atoms with Gasteiger partial charge in [-0.15, -0.1) is 0 Å². The summed E-state index contributed by atoms with van der Waals surface area (Å²) in [6, 6.07) is 9.31. The predicted molar refractivity (Wildman–Crippen MR) is 126 cm³/mol. The Hall–Kier alpha value is -2.81. The molecule has 0 aliphatic carbocycles. The minimum atomic E-state index is 0.246. The monoisotopic (exact) mass is 466 g/mol. The van der Waals surface area contributed by atoms with Crippen molar-refractivity contribution in [3.63, 3.8) is 0 Å². The molecule has 2 aliphatic heterocycles. The van der Waals surface area contributed by atoms with Gasteiger partial charge >= 0.3 is 0 Å². The number of hydrogen-bond donors (Lipinski definition) is 0. The van der Waals surface area contributed by atoms with Crippen LogP contribution in [0.15, 0.2) is 48.9 Å². The summed E-state index contributed by atoms with van der Waals surface area (Å²) in [7, 11) is 0. The molecule has 3 aromatic rings. The van der Waals surface area contributed by atoms with E-state index in [-0.39, 0.29) is 5.92 Å². The number of likely N-dealkylation sites (tertiary alicyclic amines) is 1. The van der Waals surface area contributed by atoms with Gasteiger partial charge in [-0.05, 0) is 49.7 Å². The zero-order valence-electron chi connectivity index (χ0n) is 18.4. The highest BCUT2D eigenvalue weighted by Crippen LogP contribution is 2.33. The average Bonchev–Trinajstić information content (AvgIpc) is 2.87. The van der Waals surface area contributed by atoms with Crippen molar-refractivity contribution >= 4 is 17.5 Å². The topological polar surface area (TPSA) is 76.5 Å². The Balaban J connectivity index is 1.27. The molecule has 33 heavy (non-hydrogen) atoms. The summed E-state index contributed by atoms with van der Waals surface area (Å²) in [6.45, 7) is 5.80. The van der Waals surface area contributed by atoms with Gasteiger partial charge in [-0.25, -0.2) is 15.0 Å². The van der Waals surface area contributed by atoms with Crippen LogP contribution >= 0.6 is 11.6 Å². The molecular weight excluding hydrogens is 440 g/mol. The summed E-state index contributed by atoms with van der Waals surface area (Å²) in [5, 5.41) is 0.672. The first kappa shape index (κ1) is 22.0. The Morgan fingerprint density at radius 1 is 0.970 bits per heavy atom. The standard InChI is InChI=1S/C24H27ClN6O2/c25-19-3-5-21(6-4-19)33-23-22(26-9-10-27-23)18-2-1-11-30(16-18)17-20-7-8-28-24(29-20)31-12-14-32-15-13-31/h3-10,18H,1-2,11-17H2. The maximum absolute atomic E-state index is 6.07. The number of rotatable bonds is 6. The van der Waals surface area contributed by atoms with Crippen LogP contribution in [0.2, 0.25) is 5.02 Å². The molecule has 0 amide bonds. The van der Waals surface area contributed by atoms with Crippen molar-refractivity contribution in [2.75, 3.05) is 44.3 Å². The number of aromatic nitrogens is 4. The van der Waals surface area contributed by atoms with Gasteiger partial charge in [0.2, 0.25) is 11.8 Å². The maximum Gasteiger partial charge on any atom is 0.241 e. The van der Waals surface area contributed by atoms with E-state index >= 15 is 0 Å². The fraction of sp³-hybridized carbons (Fsp3) is 0.417. The number of hydrogen-bond acceptors (Lipinski definition) is 8. The van der Waals surface area contributed by atoms with E-state index in [1.54, 1.807) is 12.4 Å². The first-order valence-electron chi connectivity index (χ1n) is 11.4. The van der Waals surface area contributed by atoms with Gasteiger partial charge < -0.3 is 14.4 Å². The molecule has 2 saturated heterocycles. The molecule has 2 fully saturated rings. The van der Waals surface area contributed by atoms with Crippen molar-refractivity contribution in [2.24, 2.45) is 0 Å². The molecule has 0 radical (unpaired) electrons. The van der Waals surface area contributed by atoms with Crippen molar-refractivity contribution in [1.29, 1.82) is 0 Å². The molecule has 0 bridgehead atoms. The maximum atomic E-state index is 6.07. The van der Waals surface area contributed by atoms with Crippen LogP contribution in [-0.4, -0.2) is 64.2 Å². The highest BCUT2D eigenvalue weighted by molar-refractivity contribution is 6.30. The molecule has 1 atom stereocenters. The van der Waals surface area contributed by atoms with Gasteiger partial charge in [0.25, 0.3) is 0 Å². The Bertz CT molecular complexity index is 1060. The number of nitrogens with zero attached hydrogens (tertiary/aromatic N) is 6. The third kappa shape index (κ3) is 5.58. The number of ether oxygens (including phenoxy) is 2. The molecule has 4 heterocycles. The van der Waals surface area contributed by atoms with Crippen molar-refractivity contribution in [3.8, 4) is 11.6 Å². The van der Waals surface area contributed by atoms with Crippen LogP contribution in [0.4, 0.5) is 5.95 Å². The van der Waals surface area contributed by atoms with Crippen molar-refractivity contribution in [1.82, 2.24) is 24.8 Å². The quantitative estimate of drug-likeness (QED) is 0.541. The second kappa shape index (κ2) is 10.4. The lowest BCUT2D eigenvalue weighted by Gasteiger charge is -2.32. The van der Waals surface area contributed by atoms with Crippen molar-refractivity contribution < 1.29 is 9.47 Å². The SMILES string of the molecule is Clc1ccc(Oc2nccnc2C2CCCN(Cc3ccnc(N4CCOCC4)n3)C2)cc1. The van der Waals surface area contributed by atoms with Crippen LogP contribution in [-0.2, 0) is 11.3 Å². The molecular formula is C24H27ClN6O2. The van der Waals surface area contributed by atoms with E-state index in [9.17, 15) is 0 Å². The average molecular weight is 467 g/mol. The van der Waals surface area contributed by atoms with E-state index in [1.807, 2.05) is 36.5 Å². The molecule has 9 heteroatoms. The molecule has 172 valence electrons. The normalized spacial score (nSPS) is 19.4. The summed E-state index contributed by atoms with van der Waals surface area (Å²) in [6.07, 6.45) is 7.40. The van der Waals surface area contributed by atoms with E-state index in [0.717, 1.165) is 76.1 Å². The molecule has 8 nitrogen and oxygen atoms in total. The molecule has 0 saturated carbocycles. The van der Waals surface area contributed by atoms with E-state index in [2.05, 4.69) is 24.8 Å². The number of anilines is 1. The molecule has 0 spiro atoms. The van der Waals surface area contributed by atoms with Crippen molar-refractivity contribution in [2.45, 2.75) is 25.3 Å². The van der Waals surface area contributed by atoms with Gasteiger partial charge in [0.15, 0.2) is 0 Å². The van der Waals surface area contributed by atoms with Gasteiger partial charge in [0.1, 0.15) is 11.4 Å². The van der Waals surface area contributed by atoms with Crippen LogP contribution < -0.4 is 9.64 Å². The zero-order chi connectivity index (χ0) is 22.5. The molecule has 1 aromatic carbocycles. The van der Waals surface area contributed by atoms with Gasteiger partial charge in [-0.1, -0.05) is 11.6 Å². The summed E-state index contributed by atoms with van der Waals surface area (Å²) < 4.78 is 11.5. The molecule has 2 aliphatic rings. The summed E-state index contributed by atoms with van der Waals surface area (Å²) in [4.78, 5) is 23.0. The first-order chi connectivity index (χ1) is 16.2. The van der Waals surface area contributed by atoms with E-state index in [1.165, 1.54) is 0 Å². The lowest BCUT2D eigenvalue weighted by molar-refractivity contribution is 0.122. The van der Waals surface area contributed by atoms with Gasteiger partial charge in [-0.2, -0.15) is 0 Å². The minimum Gasteiger partial charge on any atom is -0.437 e. The fourth-order valence-electron chi connectivity index (χ4n) is 4.35. The summed E-state index contributed by atoms with van der Waals surface area (Å²) in [5.41, 5.74) is 1.93. The van der Waals surface area contributed by atoms with Crippen LogP contribution in [0.1, 0.15) is 30.1 Å². The first-order valence-corrected chi connectivity index (χ1v) is 11.7. The molecule has 0 N–H and O–H groups in total. The second-order valence-electron chi connectivity index (χ2n) is 8.32. The highest BCUT2D eigenvalue weighted by Gasteiger charge is 2.26. The smallest absolute Gasteiger partial charge is 0.241 e. The number of benzene rings is 1. The lowest BCUT2D eigenvalue weighted by Crippen LogP contribution is -2.38. The third-order valence-corrected chi connectivity index (χ3v) is 6.24. The third-order valence-electron chi connectivity index (χ3n) is 5.99. The number of morpholine rings is 1. The number of halogens is 1. The summed E-state index contributed by atoms with van der Waals surface area (Å²) >= 11 is 6.00. The highest BCUT2D eigenvalue weighted by atomic mass is 35.5. The Morgan fingerprint density at radius 3 is 2.64 bits per heavy atom. The second-order valence-corrected chi connectivity index (χ2v) is 8.76. The van der Waals surface area contributed by atoms with Gasteiger partial charge in [0.05, 0.1) is 18.9 Å². The largest absolute Gasteiger partial charge is 0.437 e. The molecule has 2 aromatic heterocycles. The fourth-order valence-corrected chi connectivity index (χ4v) is 4.47. The van der Waals surface area contributed by atoms with E-state index in [4.69, 9.17) is 26.1 Å². The number of piperidine rings is 1. The van der Waals surface area contributed by atoms with Crippen molar-refractivity contribution in [3.05, 3.63) is 65.3 Å². The summed E-state index contributed by atoms with van der Waals surface area (Å²) in [5.74, 6) is 2.29. The van der Waals surface area contributed by atoms with E-state index in [0.29, 0.717) is 16.7 Å². The van der Waals surface area contributed by atoms with Crippen LogP contribution in [0.3, 0.4) is 0 Å². The van der Waals surface area contributed by atoms with Crippen LogP contribution in [0, 0.1) is 0 Å². The van der Waals surface area contributed by atoms with Gasteiger partial charge in [-0.3, -0.25) is 9.88 Å². The minimum absolute atomic E-state index is 0.246. The lowest BCUT2D eigenvalue weighted by atomic mass is 9.94. The molecule has 1 unspecified atom stereocenters. The Labute approximate surface area is 198 Å². The van der Waals surface area contributed by atoms with E-state index < -0.39 is 0 Å². The van der Waals surface area contributed by atoms with Crippen LogP contribution in [0.25, 0.3) is 0 Å². The Kier molecular flexibility index (Phi) is 6.95. The van der Waals surface area contributed by atoms with Crippen LogP contribution in [0.5, 0.6) is 11.6 Å². The molecule has 5 rings (SSSR count).